The Balaban J connectivity index is 2.25. The molecular formula is C16H23FN2O5. The highest BCUT2D eigenvalue weighted by Gasteiger charge is 2.37. The smallest absolute Gasteiger partial charge is 0.410 e. The van der Waals surface area contributed by atoms with Crippen molar-refractivity contribution in [2.45, 2.75) is 38.5 Å². The molecule has 134 valence electrons. The van der Waals surface area contributed by atoms with E-state index in [0.717, 1.165) is 0 Å². The summed E-state index contributed by atoms with van der Waals surface area (Å²) < 4.78 is 29.9. The van der Waals surface area contributed by atoms with E-state index in [2.05, 4.69) is 4.98 Å². The number of halogens is 1. The van der Waals surface area contributed by atoms with Gasteiger partial charge in [-0.15, -0.1) is 0 Å². The van der Waals surface area contributed by atoms with Gasteiger partial charge in [0.25, 0.3) is 0 Å². The van der Waals surface area contributed by atoms with Crippen molar-refractivity contribution >= 4 is 6.09 Å². The number of hydrogen-bond donors (Lipinski definition) is 1. The van der Waals surface area contributed by atoms with Gasteiger partial charge in [0.05, 0.1) is 26.4 Å². The number of aromatic nitrogens is 1. The number of amides is 1. The molecule has 0 saturated carbocycles. The lowest BCUT2D eigenvalue weighted by molar-refractivity contribution is -0.0679. The van der Waals surface area contributed by atoms with Crippen LogP contribution in [0.4, 0.5) is 9.18 Å². The Morgan fingerprint density at radius 3 is 2.88 bits per heavy atom. The normalized spacial score (nSPS) is 19.8. The van der Waals surface area contributed by atoms with Crippen LogP contribution in [0, 0.1) is 5.82 Å². The number of aliphatic hydroxyl groups excluding tert-OH is 1. The molecule has 0 bridgehead atoms. The Morgan fingerprint density at radius 1 is 1.54 bits per heavy atom. The number of pyridine rings is 1. The molecule has 8 heteroatoms. The van der Waals surface area contributed by atoms with Gasteiger partial charge < -0.3 is 19.3 Å². The third-order valence-corrected chi connectivity index (χ3v) is 3.56. The zero-order valence-electron chi connectivity index (χ0n) is 14.3. The molecule has 0 aliphatic carbocycles. The molecule has 1 aliphatic heterocycles. The maximum absolute atomic E-state index is 14.4. The Labute approximate surface area is 140 Å². The zero-order chi connectivity index (χ0) is 17.9. The summed E-state index contributed by atoms with van der Waals surface area (Å²) in [4.78, 5) is 17.5. The zero-order valence-corrected chi connectivity index (χ0v) is 14.3. The highest BCUT2D eigenvalue weighted by Crippen LogP contribution is 2.29. The summed E-state index contributed by atoms with van der Waals surface area (Å²) in [7, 11) is 1.29. The Morgan fingerprint density at radius 2 is 2.25 bits per heavy atom. The standard InChI is InChI=1S/C16H23FN2O5/c1-16(2,3)24-15(21)19-7-8-23-9-11(19)13(20)10-5-6-18-14(22-4)12(10)17/h5-6,11,13,20H,7-9H2,1-4H3. The second-order valence-electron chi connectivity index (χ2n) is 6.48. The quantitative estimate of drug-likeness (QED) is 0.904. The van der Waals surface area contributed by atoms with Gasteiger partial charge in [-0.2, -0.15) is 0 Å². The highest BCUT2D eigenvalue weighted by atomic mass is 19.1. The number of rotatable bonds is 3. The van der Waals surface area contributed by atoms with Crippen LogP contribution in [0.3, 0.4) is 0 Å². The maximum Gasteiger partial charge on any atom is 0.410 e. The van der Waals surface area contributed by atoms with Crippen molar-refractivity contribution in [1.82, 2.24) is 9.88 Å². The van der Waals surface area contributed by atoms with E-state index < -0.39 is 29.7 Å². The summed E-state index contributed by atoms with van der Waals surface area (Å²) in [6, 6.07) is 0.583. The van der Waals surface area contributed by atoms with Crippen LogP contribution in [0.1, 0.15) is 32.4 Å². The fraction of sp³-hybridized carbons (Fsp3) is 0.625. The first-order valence-corrected chi connectivity index (χ1v) is 7.68. The first-order valence-electron chi connectivity index (χ1n) is 7.68. The summed E-state index contributed by atoms with van der Waals surface area (Å²) in [6.45, 7) is 5.91. The van der Waals surface area contributed by atoms with Crippen molar-refractivity contribution < 1.29 is 28.5 Å². The summed E-state index contributed by atoms with van der Waals surface area (Å²) in [5.74, 6) is -0.977. The van der Waals surface area contributed by atoms with Crippen molar-refractivity contribution in [3.05, 3.63) is 23.6 Å². The van der Waals surface area contributed by atoms with E-state index in [1.54, 1.807) is 20.8 Å². The van der Waals surface area contributed by atoms with Crippen LogP contribution in [-0.4, -0.2) is 59.6 Å². The van der Waals surface area contributed by atoms with Gasteiger partial charge in [0.1, 0.15) is 11.7 Å². The van der Waals surface area contributed by atoms with Gasteiger partial charge in [-0.05, 0) is 26.8 Å². The van der Waals surface area contributed by atoms with Crippen molar-refractivity contribution in [3.63, 3.8) is 0 Å². The molecule has 2 heterocycles. The molecule has 1 N–H and O–H groups in total. The van der Waals surface area contributed by atoms with Crippen LogP contribution < -0.4 is 4.74 Å². The van der Waals surface area contributed by atoms with E-state index in [1.165, 1.54) is 24.3 Å². The molecule has 1 saturated heterocycles. The highest BCUT2D eigenvalue weighted by molar-refractivity contribution is 5.69. The topological polar surface area (TPSA) is 81.1 Å². The Hall–Kier alpha value is -1.93. The second kappa shape index (κ2) is 7.31. The molecule has 0 radical (unpaired) electrons. The third-order valence-electron chi connectivity index (χ3n) is 3.56. The van der Waals surface area contributed by atoms with Gasteiger partial charge in [-0.1, -0.05) is 0 Å². The van der Waals surface area contributed by atoms with E-state index >= 15 is 0 Å². The van der Waals surface area contributed by atoms with Gasteiger partial charge in [-0.3, -0.25) is 4.90 Å². The minimum Gasteiger partial charge on any atom is -0.479 e. The van der Waals surface area contributed by atoms with Crippen LogP contribution in [0.2, 0.25) is 0 Å². The lowest BCUT2D eigenvalue weighted by atomic mass is 10.0. The number of aliphatic hydroxyl groups is 1. The molecular weight excluding hydrogens is 319 g/mol. The monoisotopic (exact) mass is 342 g/mol. The molecule has 2 unspecified atom stereocenters. The largest absolute Gasteiger partial charge is 0.479 e. The van der Waals surface area contributed by atoms with E-state index in [4.69, 9.17) is 14.2 Å². The van der Waals surface area contributed by atoms with E-state index in [-0.39, 0.29) is 24.6 Å². The molecule has 2 rings (SSSR count). The van der Waals surface area contributed by atoms with Gasteiger partial charge in [0.15, 0.2) is 5.82 Å². The van der Waals surface area contributed by atoms with E-state index in [0.29, 0.717) is 6.61 Å². The molecule has 24 heavy (non-hydrogen) atoms. The summed E-state index contributed by atoms with van der Waals surface area (Å²) in [5, 5.41) is 10.6. The Bertz CT molecular complexity index is 590. The lowest BCUT2D eigenvalue weighted by Gasteiger charge is -2.38. The molecule has 1 aliphatic rings. The van der Waals surface area contributed by atoms with Crippen molar-refractivity contribution in [1.29, 1.82) is 0 Å². The molecule has 0 aromatic carbocycles. The van der Waals surface area contributed by atoms with Gasteiger partial charge >= 0.3 is 6.09 Å². The Kier molecular flexibility index (Phi) is 5.61. The van der Waals surface area contributed by atoms with Crippen LogP contribution in [0.25, 0.3) is 0 Å². The molecule has 1 amide bonds. The molecule has 1 fully saturated rings. The predicted octanol–water partition coefficient (Wildman–Crippen LogP) is 1.90. The number of hydrogen-bond acceptors (Lipinski definition) is 6. The summed E-state index contributed by atoms with van der Waals surface area (Å²) in [6.07, 6.45) is -0.534. The van der Waals surface area contributed by atoms with E-state index in [9.17, 15) is 14.3 Å². The fourth-order valence-corrected chi connectivity index (χ4v) is 2.45. The fourth-order valence-electron chi connectivity index (χ4n) is 2.45. The van der Waals surface area contributed by atoms with Gasteiger partial charge in [-0.25, -0.2) is 14.2 Å². The molecule has 1 aromatic heterocycles. The van der Waals surface area contributed by atoms with Gasteiger partial charge in [0.2, 0.25) is 5.88 Å². The molecule has 2 atom stereocenters. The van der Waals surface area contributed by atoms with Crippen molar-refractivity contribution in [2.75, 3.05) is 26.9 Å². The maximum atomic E-state index is 14.4. The van der Waals surface area contributed by atoms with Crippen molar-refractivity contribution in [2.24, 2.45) is 0 Å². The third kappa shape index (κ3) is 4.12. The molecule has 1 aromatic rings. The van der Waals surface area contributed by atoms with E-state index in [1.807, 2.05) is 0 Å². The number of ether oxygens (including phenoxy) is 3. The molecule has 7 nitrogen and oxygen atoms in total. The average Bonchev–Trinajstić information content (AvgIpc) is 2.53. The van der Waals surface area contributed by atoms with Crippen LogP contribution >= 0.6 is 0 Å². The average molecular weight is 342 g/mol. The van der Waals surface area contributed by atoms with Crippen LogP contribution in [0.5, 0.6) is 5.88 Å². The lowest BCUT2D eigenvalue weighted by Crippen LogP contribution is -2.52. The number of carbonyl (C=O) groups excluding carboxylic acids is 1. The van der Waals surface area contributed by atoms with Crippen LogP contribution in [0.15, 0.2) is 12.3 Å². The number of carbonyl (C=O) groups is 1. The second-order valence-corrected chi connectivity index (χ2v) is 6.48. The SMILES string of the molecule is COc1nccc(C(O)C2COCCN2C(=O)OC(C)(C)C)c1F. The number of morpholine rings is 1. The van der Waals surface area contributed by atoms with Gasteiger partial charge in [0, 0.05) is 18.3 Å². The minimum atomic E-state index is -1.30. The number of nitrogens with zero attached hydrogens (tertiary/aromatic N) is 2. The number of methoxy groups -OCH3 is 1. The molecule has 0 spiro atoms. The first kappa shape index (κ1) is 18.4. The van der Waals surface area contributed by atoms with Crippen molar-refractivity contribution in [3.8, 4) is 5.88 Å². The summed E-state index contributed by atoms with van der Waals surface area (Å²) in [5.41, 5.74) is -0.679. The summed E-state index contributed by atoms with van der Waals surface area (Å²) >= 11 is 0. The van der Waals surface area contributed by atoms with Crippen LogP contribution in [-0.2, 0) is 9.47 Å². The first-order chi connectivity index (χ1) is 11.2. The minimum absolute atomic E-state index is 0.00842. The predicted molar refractivity (Wildman–Crippen MR) is 83.3 cm³/mol.